The predicted octanol–water partition coefficient (Wildman–Crippen LogP) is 5.48. The fourth-order valence-electron chi connectivity index (χ4n) is 5.34. The average Bonchev–Trinajstić information content (AvgIpc) is 2.57. The molecule has 1 atom stereocenters. The van der Waals surface area contributed by atoms with Gasteiger partial charge in [-0.3, -0.25) is 14.4 Å². The molecule has 0 saturated heterocycles. The van der Waals surface area contributed by atoms with Gasteiger partial charge in [-0.25, -0.2) is 0 Å². The smallest absolute Gasteiger partial charge is 0.160 e. The van der Waals surface area contributed by atoms with E-state index >= 15 is 0 Å². The van der Waals surface area contributed by atoms with E-state index in [-0.39, 0.29) is 29.2 Å². The van der Waals surface area contributed by atoms with E-state index in [2.05, 4.69) is 39.8 Å². The van der Waals surface area contributed by atoms with Crippen molar-refractivity contribution in [2.75, 3.05) is 0 Å². The number of carbonyl (C=O) groups excluding carboxylic acids is 3. The number of allylic oxidation sites excluding steroid dienone is 4. The van der Waals surface area contributed by atoms with Gasteiger partial charge >= 0.3 is 0 Å². The Morgan fingerprint density at radius 3 is 2.00 bits per heavy atom. The average molecular weight is 373 g/mol. The van der Waals surface area contributed by atoms with E-state index in [0.29, 0.717) is 6.42 Å². The van der Waals surface area contributed by atoms with Gasteiger partial charge in [0.1, 0.15) is 0 Å². The second-order valence-electron chi connectivity index (χ2n) is 10.2. The van der Waals surface area contributed by atoms with Crippen molar-refractivity contribution in [2.45, 2.75) is 81.1 Å². The summed E-state index contributed by atoms with van der Waals surface area (Å²) in [7, 11) is 0. The third kappa shape index (κ3) is 3.39. The normalized spacial score (nSPS) is 26.3. The highest BCUT2D eigenvalue weighted by Crippen LogP contribution is 2.57. The Hall–Kier alpha value is -1.51. The summed E-state index contributed by atoms with van der Waals surface area (Å²) in [5.41, 5.74) is -0.838. The third-order valence-electron chi connectivity index (χ3n) is 6.70. The summed E-state index contributed by atoms with van der Waals surface area (Å²) >= 11 is 0. The molecule has 0 bridgehead atoms. The van der Waals surface area contributed by atoms with Crippen LogP contribution in [0.2, 0.25) is 0 Å². The highest BCUT2D eigenvalue weighted by Gasteiger charge is 2.68. The lowest BCUT2D eigenvalue weighted by Gasteiger charge is -2.53. The lowest BCUT2D eigenvalue weighted by atomic mass is 9.45. The van der Waals surface area contributed by atoms with Crippen LogP contribution in [0.1, 0.15) is 81.1 Å². The van der Waals surface area contributed by atoms with E-state index in [0.717, 1.165) is 19.3 Å². The van der Waals surface area contributed by atoms with Gasteiger partial charge in [-0.05, 0) is 79.1 Å². The Bertz CT molecular complexity index is 682. The molecule has 0 N–H and O–H groups in total. The molecule has 0 aromatic rings. The second-order valence-corrected chi connectivity index (χ2v) is 10.2. The first-order chi connectivity index (χ1) is 12.3. The second kappa shape index (κ2) is 7.14. The van der Waals surface area contributed by atoms with Crippen LogP contribution in [0.3, 0.4) is 0 Å². The topological polar surface area (TPSA) is 51.2 Å². The minimum Gasteiger partial charge on any atom is -0.298 e. The maximum absolute atomic E-state index is 13.7. The van der Waals surface area contributed by atoms with Crippen LogP contribution < -0.4 is 0 Å². The molecule has 150 valence electrons. The van der Waals surface area contributed by atoms with Crippen molar-refractivity contribution in [2.24, 2.45) is 28.1 Å². The molecule has 0 aliphatic heterocycles. The summed E-state index contributed by atoms with van der Waals surface area (Å²) in [5, 5.41) is 0. The summed E-state index contributed by atoms with van der Waals surface area (Å²) in [6, 6.07) is 0. The van der Waals surface area contributed by atoms with E-state index in [1.165, 1.54) is 11.1 Å². The number of ketones is 3. The SMILES string of the molecule is CC(C)=CCCC1=CC[C@H](C(C)C)C2(C1)C(=O)C(C)(C)C(=O)C(C)(C)C2=O. The molecule has 3 heteroatoms. The van der Waals surface area contributed by atoms with Gasteiger partial charge in [0.15, 0.2) is 17.3 Å². The van der Waals surface area contributed by atoms with Crippen LogP contribution in [0.4, 0.5) is 0 Å². The van der Waals surface area contributed by atoms with E-state index in [1.807, 2.05) is 0 Å². The molecular formula is C24H36O3. The van der Waals surface area contributed by atoms with Gasteiger partial charge in [-0.15, -0.1) is 0 Å². The molecule has 0 radical (unpaired) electrons. The largest absolute Gasteiger partial charge is 0.298 e. The van der Waals surface area contributed by atoms with Crippen LogP contribution in [0, 0.1) is 28.1 Å². The zero-order chi connectivity index (χ0) is 20.8. The molecule has 2 rings (SSSR count). The third-order valence-corrected chi connectivity index (χ3v) is 6.70. The van der Waals surface area contributed by atoms with Crippen LogP contribution in [-0.4, -0.2) is 17.3 Å². The minimum absolute atomic E-state index is 0.0450. The minimum atomic E-state index is -1.12. The molecule has 2 aliphatic carbocycles. The molecule has 3 nitrogen and oxygen atoms in total. The molecule has 0 amide bonds. The molecule has 1 saturated carbocycles. The highest BCUT2D eigenvalue weighted by molar-refractivity contribution is 6.30. The van der Waals surface area contributed by atoms with Gasteiger partial charge in [-0.1, -0.05) is 37.1 Å². The van der Waals surface area contributed by atoms with Crippen LogP contribution in [0.15, 0.2) is 23.3 Å². The summed E-state index contributed by atoms with van der Waals surface area (Å²) in [4.78, 5) is 40.3. The first kappa shape index (κ1) is 21.8. The quantitative estimate of drug-likeness (QED) is 0.484. The summed E-state index contributed by atoms with van der Waals surface area (Å²) < 4.78 is 0. The Kier molecular flexibility index (Phi) is 5.76. The molecule has 0 aromatic heterocycles. The van der Waals surface area contributed by atoms with Crippen molar-refractivity contribution >= 4 is 17.3 Å². The molecule has 0 heterocycles. The molecule has 1 spiro atoms. The summed E-state index contributed by atoms with van der Waals surface area (Å²) in [6.45, 7) is 15.2. The van der Waals surface area contributed by atoms with Gasteiger partial charge in [0.05, 0.1) is 16.2 Å². The Morgan fingerprint density at radius 1 is 1.04 bits per heavy atom. The van der Waals surface area contributed by atoms with Crippen LogP contribution in [0.25, 0.3) is 0 Å². The zero-order valence-corrected chi connectivity index (χ0v) is 18.4. The fourth-order valence-corrected chi connectivity index (χ4v) is 5.34. The van der Waals surface area contributed by atoms with Gasteiger partial charge in [0.25, 0.3) is 0 Å². The zero-order valence-electron chi connectivity index (χ0n) is 18.4. The highest BCUT2D eigenvalue weighted by atomic mass is 16.2. The van der Waals surface area contributed by atoms with Gasteiger partial charge < -0.3 is 0 Å². The van der Waals surface area contributed by atoms with Crippen LogP contribution in [0.5, 0.6) is 0 Å². The number of Topliss-reactive ketones (excluding diaryl/α,β-unsaturated/α-hetero) is 3. The molecule has 27 heavy (non-hydrogen) atoms. The van der Waals surface area contributed by atoms with Crippen molar-refractivity contribution in [1.82, 2.24) is 0 Å². The van der Waals surface area contributed by atoms with E-state index in [9.17, 15) is 14.4 Å². The summed E-state index contributed by atoms with van der Waals surface area (Å²) in [5.74, 6) is -0.393. The van der Waals surface area contributed by atoms with Crippen LogP contribution in [-0.2, 0) is 14.4 Å². The fraction of sp³-hybridized carbons (Fsp3) is 0.708. The maximum atomic E-state index is 13.7. The molecular weight excluding hydrogens is 336 g/mol. The Balaban J connectivity index is 2.55. The number of hydrogen-bond acceptors (Lipinski definition) is 3. The molecule has 2 aliphatic rings. The van der Waals surface area contributed by atoms with Crippen LogP contribution >= 0.6 is 0 Å². The molecule has 0 aromatic carbocycles. The first-order valence-electron chi connectivity index (χ1n) is 10.3. The van der Waals surface area contributed by atoms with E-state index in [4.69, 9.17) is 0 Å². The van der Waals surface area contributed by atoms with Crippen molar-refractivity contribution < 1.29 is 14.4 Å². The number of carbonyl (C=O) groups is 3. The van der Waals surface area contributed by atoms with Crippen molar-refractivity contribution in [3.05, 3.63) is 23.3 Å². The Labute approximate surface area is 164 Å². The maximum Gasteiger partial charge on any atom is 0.160 e. The Morgan fingerprint density at radius 2 is 1.56 bits per heavy atom. The molecule has 0 unspecified atom stereocenters. The summed E-state index contributed by atoms with van der Waals surface area (Å²) in [6.07, 6.45) is 7.44. The van der Waals surface area contributed by atoms with Gasteiger partial charge in [0, 0.05) is 0 Å². The standard InChI is InChI=1S/C24H36O3/c1-15(2)10-9-11-17-12-13-18(16(3)4)24(14-17)20(26)22(5,6)19(25)23(7,8)21(24)27/h10,12,16,18H,9,11,13-14H2,1-8H3/t18-/m1/s1. The van der Waals surface area contributed by atoms with Gasteiger partial charge in [0.2, 0.25) is 0 Å². The van der Waals surface area contributed by atoms with E-state index < -0.39 is 16.2 Å². The lowest BCUT2D eigenvalue weighted by molar-refractivity contribution is -0.172. The van der Waals surface area contributed by atoms with Crippen molar-refractivity contribution in [3.8, 4) is 0 Å². The van der Waals surface area contributed by atoms with E-state index in [1.54, 1.807) is 27.7 Å². The first-order valence-corrected chi connectivity index (χ1v) is 10.3. The lowest BCUT2D eigenvalue weighted by Crippen LogP contribution is -2.66. The van der Waals surface area contributed by atoms with Gasteiger partial charge in [-0.2, -0.15) is 0 Å². The monoisotopic (exact) mass is 372 g/mol. The van der Waals surface area contributed by atoms with Crippen molar-refractivity contribution in [1.29, 1.82) is 0 Å². The number of hydrogen-bond donors (Lipinski definition) is 0. The molecule has 1 fully saturated rings. The predicted molar refractivity (Wildman–Crippen MR) is 109 cm³/mol. The number of rotatable bonds is 4. The van der Waals surface area contributed by atoms with Crippen molar-refractivity contribution in [3.63, 3.8) is 0 Å².